The van der Waals surface area contributed by atoms with Gasteiger partial charge in [-0.25, -0.2) is 0 Å². The van der Waals surface area contributed by atoms with E-state index in [0.29, 0.717) is 17.2 Å². The van der Waals surface area contributed by atoms with Gasteiger partial charge in [0.05, 0.1) is 0 Å². The summed E-state index contributed by atoms with van der Waals surface area (Å²) in [7, 11) is 2.81. The van der Waals surface area contributed by atoms with E-state index < -0.39 is 25.6 Å². The number of halogens is 2. The Hall–Kier alpha value is -3.26. The summed E-state index contributed by atoms with van der Waals surface area (Å²) in [6.45, 7) is 9.04. The molecule has 0 aliphatic rings. The number of benzene rings is 3. The molecule has 0 amide bonds. The first kappa shape index (κ1) is 39.5. The topological polar surface area (TPSA) is 83.8 Å². The number of aldehydes is 1. The van der Waals surface area contributed by atoms with Crippen LogP contribution in [-0.2, 0) is 17.3 Å². The minimum atomic E-state index is -2.55. The maximum atomic E-state index is 15.6. The molecule has 50 heavy (non-hydrogen) atoms. The Morgan fingerprint density at radius 3 is 2.54 bits per heavy atom. The number of carbonyl (C=O) groups is 1. The third-order valence-electron chi connectivity index (χ3n) is 9.08. The molecule has 2 heterocycles. The van der Waals surface area contributed by atoms with Crippen molar-refractivity contribution in [2.45, 2.75) is 63.7 Å². The van der Waals surface area contributed by atoms with E-state index in [9.17, 15) is 4.79 Å². The molecule has 0 spiro atoms. The number of fused-ring (bicyclic) bond motifs is 1. The van der Waals surface area contributed by atoms with Crippen molar-refractivity contribution in [1.29, 1.82) is 0 Å². The fourth-order valence-electron chi connectivity index (χ4n) is 6.21. The Kier molecular flexibility index (Phi) is 14.1. The van der Waals surface area contributed by atoms with Crippen LogP contribution in [0.5, 0.6) is 0 Å². The number of thioether (sulfide) groups is 1. The fraction of sp³-hybridized carbons (Fsp3) is 0.375. The molecule has 0 bridgehead atoms. The van der Waals surface area contributed by atoms with Crippen LogP contribution in [0.1, 0.15) is 70.3 Å². The molecule has 1 unspecified atom stereocenters. The van der Waals surface area contributed by atoms with Gasteiger partial charge < -0.3 is 5.11 Å². The molecule has 10 heteroatoms. The van der Waals surface area contributed by atoms with Gasteiger partial charge in [0.2, 0.25) is 0 Å². The van der Waals surface area contributed by atoms with E-state index in [1.807, 2.05) is 48.3 Å². The molecular weight excluding hydrogens is 760 g/mol. The van der Waals surface area contributed by atoms with E-state index in [1.165, 1.54) is 24.3 Å². The Labute approximate surface area is 306 Å². The van der Waals surface area contributed by atoms with Gasteiger partial charge >= 0.3 is 254 Å². The quantitative estimate of drug-likeness (QED) is 0.0486. The number of nitrogens with one attached hydrogen (secondary N) is 1. The Morgan fingerprint density at radius 1 is 1.02 bits per heavy atom. The number of nitrogens with zero attached hydrogens (tertiary/aromatic N) is 3. The van der Waals surface area contributed by atoms with Crippen LogP contribution in [-0.4, -0.2) is 70.0 Å². The summed E-state index contributed by atoms with van der Waals surface area (Å²) in [5, 5.41) is 12.9. The number of aromatic amines is 1. The van der Waals surface area contributed by atoms with Gasteiger partial charge in [-0.3, -0.25) is 4.79 Å². The number of hydrogen-bond acceptors (Lipinski definition) is 5. The second-order valence-electron chi connectivity index (χ2n) is 13.5. The van der Waals surface area contributed by atoms with Crippen molar-refractivity contribution in [3.8, 4) is 11.4 Å². The Morgan fingerprint density at radius 2 is 1.80 bits per heavy atom. The Balaban J connectivity index is 0.00000276. The number of hydrogen-bond donors (Lipinski definition) is 2. The predicted octanol–water partition coefficient (Wildman–Crippen LogP) is 7.95. The van der Waals surface area contributed by atoms with Crippen molar-refractivity contribution in [2.75, 3.05) is 18.6 Å². The van der Waals surface area contributed by atoms with Crippen molar-refractivity contribution >= 4 is 62.3 Å². The van der Waals surface area contributed by atoms with Gasteiger partial charge in [-0.15, -0.1) is 0 Å². The van der Waals surface area contributed by atoms with Crippen molar-refractivity contribution in [3.05, 3.63) is 102 Å². The van der Waals surface area contributed by atoms with Crippen LogP contribution >= 0.6 is 11.8 Å². The number of aryl methyl sites for hydroxylation is 1. The molecule has 2 aromatic heterocycles. The first-order valence-electron chi connectivity index (χ1n) is 16.9. The first-order chi connectivity index (χ1) is 24.0. The molecule has 0 saturated heterocycles. The zero-order valence-electron chi connectivity index (χ0n) is 30.1. The van der Waals surface area contributed by atoms with Crippen molar-refractivity contribution in [1.82, 2.24) is 19.7 Å². The third-order valence-corrected chi connectivity index (χ3v) is 16.8. The number of aromatic nitrogens is 4. The van der Waals surface area contributed by atoms with E-state index >= 15 is 8.78 Å². The van der Waals surface area contributed by atoms with Gasteiger partial charge in [0.1, 0.15) is 6.29 Å². The molecule has 0 saturated carbocycles. The number of allylic oxidation sites excluding steroid dienone is 1. The van der Waals surface area contributed by atoms with Crippen LogP contribution in [0.3, 0.4) is 0 Å². The maximum Gasteiger partial charge on any atom is 0.0319 e. The summed E-state index contributed by atoms with van der Waals surface area (Å²) in [4.78, 5) is 21.3. The molecule has 5 aromatic rings. The molecule has 3 aromatic carbocycles. The van der Waals surface area contributed by atoms with Crippen LogP contribution in [0.25, 0.3) is 28.4 Å². The molecule has 0 aliphatic carbocycles. The first-order valence-corrected chi connectivity index (χ1v) is 23.2. The largest absolute Gasteiger partial charge is 0.400 e. The number of H-pyrrole nitrogens is 1. The van der Waals surface area contributed by atoms with Gasteiger partial charge in [0, 0.05) is 7.11 Å². The van der Waals surface area contributed by atoms with E-state index in [2.05, 4.69) is 49.7 Å². The molecule has 266 valence electrons. The van der Waals surface area contributed by atoms with Gasteiger partial charge in [-0.2, -0.15) is 11.8 Å². The normalized spacial score (nSPS) is 13.1. The molecule has 0 radical (unpaired) electrons. The monoisotopic (exact) mass is 808 g/mol. The molecular formula is C40H49F2N4O2SSb. The van der Waals surface area contributed by atoms with Crippen LogP contribution < -0.4 is 7.02 Å². The maximum absolute atomic E-state index is 15.6. The number of rotatable bonds is 15. The van der Waals surface area contributed by atoms with Crippen molar-refractivity contribution in [2.24, 2.45) is 12.5 Å². The summed E-state index contributed by atoms with van der Waals surface area (Å²) < 4.78 is 34.2. The van der Waals surface area contributed by atoms with E-state index in [4.69, 9.17) is 15.2 Å². The van der Waals surface area contributed by atoms with Gasteiger partial charge in [0.25, 0.3) is 0 Å². The number of carbonyl (C=O) groups excluding carboxylic acids is 1. The van der Waals surface area contributed by atoms with Gasteiger partial charge in [0.15, 0.2) is 0 Å². The fourth-order valence-corrected chi connectivity index (χ4v) is 12.0. The average Bonchev–Trinajstić information content (AvgIpc) is 3.74. The zero-order chi connectivity index (χ0) is 36.5. The van der Waals surface area contributed by atoms with E-state index in [-0.39, 0.29) is 17.0 Å². The Bertz CT molecular complexity index is 1920. The van der Waals surface area contributed by atoms with Crippen LogP contribution in [0.4, 0.5) is 8.78 Å². The van der Waals surface area contributed by atoms with Crippen LogP contribution in [0, 0.1) is 17.0 Å². The van der Waals surface area contributed by atoms with Crippen LogP contribution in [0.15, 0.2) is 72.9 Å². The minimum Gasteiger partial charge on any atom is -0.400 e. The summed E-state index contributed by atoms with van der Waals surface area (Å²) in [6, 6.07) is 18.7. The summed E-state index contributed by atoms with van der Waals surface area (Å²) in [6.07, 6.45) is 9.87. The van der Waals surface area contributed by atoms with Crippen molar-refractivity contribution in [3.63, 3.8) is 0 Å². The summed E-state index contributed by atoms with van der Waals surface area (Å²) in [5.74, 6) is 2.73. The number of aliphatic hydroxyl groups excluding tert-OH is 1. The average molecular weight is 810 g/mol. The molecule has 0 aliphatic heterocycles. The third kappa shape index (κ3) is 9.34. The van der Waals surface area contributed by atoms with Gasteiger partial charge in [-0.1, -0.05) is 6.92 Å². The SMILES string of the molecule is CCCSCC(C)(C)CCCC(C)(c1cccc(/C=C/C=O)c1)c1nc(-c2c[c]([Sb]([CH3])[c]3cc4cc[nH]c4cc3F)ccc2F)n(C)n1.CO. The molecule has 6 nitrogen and oxygen atoms in total. The standard InChI is InChI=1S/C30H37FN3OS.C8H5FN.CH4O.CH3.Sb/c1-6-20-36-22-29(2,3)17-11-18-30(4,24-14-9-12-23(21-24)13-10-19-35)28-32-27(34(5)33-28)25-15-7-8-16-26(25)31;9-7-2-1-6-3-4-10-8(6)5-7;1-2;;/h8-10,12-16,19,21H,6,11,17-18,20,22H2,1-5H3;1,3-5,10H;2H,1H3;1H3;/b13-10+;;;;. The van der Waals surface area contributed by atoms with Gasteiger partial charge in [-0.05, 0) is 12.2 Å². The molecule has 2 N–H and O–H groups in total. The second-order valence-corrected chi connectivity index (χ2v) is 20.6. The number of aliphatic hydroxyl groups is 1. The predicted molar refractivity (Wildman–Crippen MR) is 207 cm³/mol. The minimum absolute atomic E-state index is 0.189. The molecule has 1 atom stereocenters. The smallest absolute Gasteiger partial charge is 0.0319 e. The zero-order valence-corrected chi connectivity index (χ0v) is 33.5. The van der Waals surface area contributed by atoms with Crippen molar-refractivity contribution < 1.29 is 18.7 Å². The summed E-state index contributed by atoms with van der Waals surface area (Å²) in [5.41, 5.74) is 2.72. The molecule has 0 fully saturated rings. The van der Waals surface area contributed by atoms with E-state index in [0.717, 1.165) is 67.5 Å². The van der Waals surface area contributed by atoms with Crippen LogP contribution in [0.2, 0.25) is 4.87 Å². The second kappa shape index (κ2) is 17.8. The molecule has 5 rings (SSSR count). The van der Waals surface area contributed by atoms with E-state index in [1.54, 1.807) is 29.9 Å². The summed E-state index contributed by atoms with van der Waals surface area (Å²) >= 11 is -0.541.